The lowest BCUT2D eigenvalue weighted by atomic mass is 9.98. The lowest BCUT2D eigenvalue weighted by Gasteiger charge is -2.33. The molecule has 0 aromatic heterocycles. The summed E-state index contributed by atoms with van der Waals surface area (Å²) in [6, 6.07) is 7.38. The molecule has 29 heavy (non-hydrogen) atoms. The van der Waals surface area contributed by atoms with Crippen molar-refractivity contribution in [3.8, 4) is 5.75 Å². The number of nitrogens with zero attached hydrogens (tertiary/aromatic N) is 2. The summed E-state index contributed by atoms with van der Waals surface area (Å²) in [5.41, 5.74) is 1.83. The zero-order valence-corrected chi connectivity index (χ0v) is 17.9. The quantitative estimate of drug-likeness (QED) is 0.495. The van der Waals surface area contributed by atoms with E-state index in [4.69, 9.17) is 9.47 Å². The molecule has 3 rings (SSSR count). The summed E-state index contributed by atoms with van der Waals surface area (Å²) in [6.45, 7) is 8.67. The van der Waals surface area contributed by atoms with Crippen molar-refractivity contribution < 1.29 is 19.1 Å². The van der Waals surface area contributed by atoms with Crippen molar-refractivity contribution in [2.75, 3.05) is 33.4 Å². The molecule has 0 spiro atoms. The third-order valence-corrected chi connectivity index (χ3v) is 5.47. The standard InChI is InChI=1S/C23H32N2O4/c1-16(2)29-14-6-13-25-22(26)20(18-8-10-19(28-4)11-9-18)21(23(25)27)24-12-5-7-17(3)15-24/h8-11,16-17H,5-7,12-15H2,1-4H3. The number of piperidine rings is 1. The van der Waals surface area contributed by atoms with Crippen LogP contribution in [-0.2, 0) is 14.3 Å². The maximum Gasteiger partial charge on any atom is 0.277 e. The molecule has 0 N–H and O–H groups in total. The number of likely N-dealkylation sites (tertiary alicyclic amines) is 1. The lowest BCUT2D eigenvalue weighted by Crippen LogP contribution is -2.39. The Morgan fingerprint density at radius 1 is 1.14 bits per heavy atom. The first-order valence-electron chi connectivity index (χ1n) is 10.5. The number of imide groups is 1. The highest BCUT2D eigenvalue weighted by Crippen LogP contribution is 2.34. The van der Waals surface area contributed by atoms with Crippen LogP contribution in [0.25, 0.3) is 5.57 Å². The minimum atomic E-state index is -0.210. The summed E-state index contributed by atoms with van der Waals surface area (Å²) in [5, 5.41) is 0. The molecule has 1 aromatic carbocycles. The van der Waals surface area contributed by atoms with Gasteiger partial charge in [-0.2, -0.15) is 0 Å². The zero-order valence-electron chi connectivity index (χ0n) is 17.9. The minimum Gasteiger partial charge on any atom is -0.497 e. The Morgan fingerprint density at radius 3 is 2.48 bits per heavy atom. The average Bonchev–Trinajstić information content (AvgIpc) is 2.95. The molecule has 2 heterocycles. The van der Waals surface area contributed by atoms with E-state index in [9.17, 15) is 9.59 Å². The van der Waals surface area contributed by atoms with E-state index >= 15 is 0 Å². The van der Waals surface area contributed by atoms with Crippen LogP contribution in [0, 0.1) is 5.92 Å². The lowest BCUT2D eigenvalue weighted by molar-refractivity contribution is -0.137. The summed E-state index contributed by atoms with van der Waals surface area (Å²) in [5.74, 6) is 0.837. The summed E-state index contributed by atoms with van der Waals surface area (Å²) in [7, 11) is 1.61. The predicted octanol–water partition coefficient (Wildman–Crippen LogP) is 3.32. The number of amides is 2. The molecule has 1 atom stereocenters. The molecule has 0 bridgehead atoms. The molecule has 1 aromatic rings. The number of hydrogen-bond donors (Lipinski definition) is 0. The van der Waals surface area contributed by atoms with E-state index in [1.165, 1.54) is 4.90 Å². The molecule has 1 unspecified atom stereocenters. The molecule has 2 aliphatic rings. The average molecular weight is 401 g/mol. The highest BCUT2D eigenvalue weighted by molar-refractivity contribution is 6.35. The number of carbonyl (C=O) groups excluding carboxylic acids is 2. The third kappa shape index (κ3) is 4.81. The SMILES string of the molecule is COc1ccc(C2=C(N3CCCC(C)C3)C(=O)N(CCCOC(C)C)C2=O)cc1. The van der Waals surface area contributed by atoms with Crippen molar-refractivity contribution >= 4 is 17.4 Å². The molecular weight excluding hydrogens is 368 g/mol. The van der Waals surface area contributed by atoms with Crippen LogP contribution in [0.15, 0.2) is 30.0 Å². The molecule has 6 heteroatoms. The van der Waals surface area contributed by atoms with Gasteiger partial charge in [0.15, 0.2) is 0 Å². The Balaban J connectivity index is 1.88. The Morgan fingerprint density at radius 2 is 1.86 bits per heavy atom. The Labute approximate surface area is 173 Å². The van der Waals surface area contributed by atoms with Crippen molar-refractivity contribution in [2.45, 2.75) is 46.1 Å². The van der Waals surface area contributed by atoms with E-state index in [2.05, 4.69) is 11.8 Å². The van der Waals surface area contributed by atoms with Gasteiger partial charge in [0, 0.05) is 26.2 Å². The van der Waals surface area contributed by atoms with Gasteiger partial charge in [-0.05, 0) is 56.7 Å². The van der Waals surface area contributed by atoms with E-state index in [0.717, 1.165) is 37.2 Å². The molecule has 1 saturated heterocycles. The summed E-state index contributed by atoms with van der Waals surface area (Å²) in [6.07, 6.45) is 2.96. The second-order valence-electron chi connectivity index (χ2n) is 8.18. The molecule has 6 nitrogen and oxygen atoms in total. The van der Waals surface area contributed by atoms with E-state index in [0.29, 0.717) is 36.8 Å². The van der Waals surface area contributed by atoms with Gasteiger partial charge in [-0.1, -0.05) is 19.1 Å². The fourth-order valence-electron chi connectivity index (χ4n) is 4.01. The van der Waals surface area contributed by atoms with Crippen LogP contribution in [0.4, 0.5) is 0 Å². The summed E-state index contributed by atoms with van der Waals surface area (Å²) < 4.78 is 10.8. The van der Waals surface area contributed by atoms with E-state index in [1.807, 2.05) is 38.1 Å². The van der Waals surface area contributed by atoms with Crippen LogP contribution in [0.3, 0.4) is 0 Å². The molecular formula is C23H32N2O4. The first kappa shape index (κ1) is 21.4. The monoisotopic (exact) mass is 400 g/mol. The van der Waals surface area contributed by atoms with Gasteiger partial charge < -0.3 is 14.4 Å². The van der Waals surface area contributed by atoms with Crippen LogP contribution in [0.5, 0.6) is 5.75 Å². The van der Waals surface area contributed by atoms with Crippen LogP contribution in [-0.4, -0.2) is 61.1 Å². The highest BCUT2D eigenvalue weighted by atomic mass is 16.5. The molecule has 2 amide bonds. The van der Waals surface area contributed by atoms with Gasteiger partial charge in [-0.15, -0.1) is 0 Å². The van der Waals surface area contributed by atoms with Gasteiger partial charge in [0.05, 0.1) is 18.8 Å². The topological polar surface area (TPSA) is 59.1 Å². The summed E-state index contributed by atoms with van der Waals surface area (Å²) >= 11 is 0. The number of methoxy groups -OCH3 is 1. The van der Waals surface area contributed by atoms with Crippen molar-refractivity contribution in [3.63, 3.8) is 0 Å². The van der Waals surface area contributed by atoms with E-state index < -0.39 is 0 Å². The third-order valence-electron chi connectivity index (χ3n) is 5.47. The minimum absolute atomic E-state index is 0.137. The van der Waals surface area contributed by atoms with Crippen LogP contribution < -0.4 is 4.74 Å². The highest BCUT2D eigenvalue weighted by Gasteiger charge is 2.41. The van der Waals surface area contributed by atoms with Crippen molar-refractivity contribution in [2.24, 2.45) is 5.92 Å². The number of carbonyl (C=O) groups is 2. The van der Waals surface area contributed by atoms with Crippen molar-refractivity contribution in [3.05, 3.63) is 35.5 Å². The van der Waals surface area contributed by atoms with Gasteiger partial charge in [0.25, 0.3) is 11.8 Å². The number of rotatable bonds is 8. The van der Waals surface area contributed by atoms with Crippen LogP contribution >= 0.6 is 0 Å². The smallest absolute Gasteiger partial charge is 0.277 e. The maximum absolute atomic E-state index is 13.3. The Hall–Kier alpha value is -2.34. The maximum atomic E-state index is 13.3. The number of ether oxygens (including phenoxy) is 2. The Bertz CT molecular complexity index is 770. The molecule has 158 valence electrons. The molecule has 0 aliphatic carbocycles. The van der Waals surface area contributed by atoms with Crippen molar-refractivity contribution in [1.82, 2.24) is 9.80 Å². The normalized spacial score (nSPS) is 20.2. The van der Waals surface area contributed by atoms with Gasteiger partial charge in [0.1, 0.15) is 11.4 Å². The second-order valence-corrected chi connectivity index (χ2v) is 8.18. The van der Waals surface area contributed by atoms with E-state index in [-0.39, 0.29) is 17.9 Å². The molecule has 0 radical (unpaired) electrons. The first-order chi connectivity index (χ1) is 13.9. The van der Waals surface area contributed by atoms with Gasteiger partial charge in [-0.3, -0.25) is 14.5 Å². The molecule has 0 saturated carbocycles. The number of benzene rings is 1. The van der Waals surface area contributed by atoms with Gasteiger partial charge in [-0.25, -0.2) is 0 Å². The van der Waals surface area contributed by atoms with Crippen LogP contribution in [0.2, 0.25) is 0 Å². The molecule has 2 aliphatic heterocycles. The number of hydrogen-bond acceptors (Lipinski definition) is 5. The van der Waals surface area contributed by atoms with Gasteiger partial charge >= 0.3 is 0 Å². The Kier molecular flexibility index (Phi) is 6.96. The second kappa shape index (κ2) is 9.44. The first-order valence-corrected chi connectivity index (χ1v) is 10.5. The van der Waals surface area contributed by atoms with Gasteiger partial charge in [0.2, 0.25) is 0 Å². The summed E-state index contributed by atoms with van der Waals surface area (Å²) in [4.78, 5) is 30.1. The fourth-order valence-corrected chi connectivity index (χ4v) is 4.01. The van der Waals surface area contributed by atoms with Crippen molar-refractivity contribution in [1.29, 1.82) is 0 Å². The molecule has 1 fully saturated rings. The van der Waals surface area contributed by atoms with E-state index in [1.54, 1.807) is 7.11 Å². The fraction of sp³-hybridized carbons (Fsp3) is 0.565. The predicted molar refractivity (Wildman–Crippen MR) is 112 cm³/mol. The largest absolute Gasteiger partial charge is 0.497 e. The van der Waals surface area contributed by atoms with Crippen LogP contribution in [0.1, 0.15) is 45.6 Å². The zero-order chi connectivity index (χ0) is 21.0.